The first-order valence-corrected chi connectivity index (χ1v) is 6.80. The van der Waals surface area contributed by atoms with Crippen molar-refractivity contribution in [1.29, 1.82) is 0 Å². The molecule has 1 aromatic rings. The molecule has 1 atom stereocenters. The topological polar surface area (TPSA) is 50.4 Å². The van der Waals surface area contributed by atoms with Gasteiger partial charge >= 0.3 is 0 Å². The minimum Gasteiger partial charge on any atom is -0.370 e. The van der Waals surface area contributed by atoms with Crippen molar-refractivity contribution in [2.45, 2.75) is 39.2 Å². The highest BCUT2D eigenvalue weighted by Gasteiger charge is 1.98. The van der Waals surface area contributed by atoms with Gasteiger partial charge in [0.2, 0.25) is 0 Å². The molecular formula is C14H22ClN3. The molecule has 1 aromatic carbocycles. The van der Waals surface area contributed by atoms with Gasteiger partial charge in [-0.1, -0.05) is 30.7 Å². The van der Waals surface area contributed by atoms with Crippen molar-refractivity contribution in [3.63, 3.8) is 0 Å². The van der Waals surface area contributed by atoms with Crippen LogP contribution in [0, 0.1) is 0 Å². The summed E-state index contributed by atoms with van der Waals surface area (Å²) in [5.74, 6) is 0.542. The molecule has 3 N–H and O–H groups in total. The van der Waals surface area contributed by atoms with E-state index in [0.29, 0.717) is 12.0 Å². The summed E-state index contributed by atoms with van der Waals surface area (Å²) in [4.78, 5) is 4.30. The van der Waals surface area contributed by atoms with Crippen molar-refractivity contribution in [3.05, 3.63) is 34.9 Å². The highest BCUT2D eigenvalue weighted by Crippen LogP contribution is 2.10. The second-order valence-corrected chi connectivity index (χ2v) is 4.89. The zero-order chi connectivity index (χ0) is 13.4. The van der Waals surface area contributed by atoms with Crippen LogP contribution in [0.2, 0.25) is 5.02 Å². The zero-order valence-corrected chi connectivity index (χ0v) is 11.9. The van der Waals surface area contributed by atoms with Gasteiger partial charge in [-0.2, -0.15) is 0 Å². The highest BCUT2D eigenvalue weighted by atomic mass is 35.5. The molecule has 0 radical (unpaired) electrons. The molecule has 4 heteroatoms. The molecule has 0 bridgehead atoms. The maximum atomic E-state index is 5.83. The van der Waals surface area contributed by atoms with Crippen LogP contribution in [-0.2, 0) is 6.42 Å². The van der Waals surface area contributed by atoms with Gasteiger partial charge in [-0.05, 0) is 43.9 Å². The van der Waals surface area contributed by atoms with Crippen molar-refractivity contribution < 1.29 is 0 Å². The molecule has 0 saturated heterocycles. The first-order chi connectivity index (χ1) is 8.61. The molecule has 18 heavy (non-hydrogen) atoms. The zero-order valence-electron chi connectivity index (χ0n) is 11.1. The number of aliphatic imine (C=N–C) groups is 1. The number of benzene rings is 1. The highest BCUT2D eigenvalue weighted by molar-refractivity contribution is 6.30. The predicted octanol–water partition coefficient (Wildman–Crippen LogP) is 2.98. The number of nitrogens with one attached hydrogen (secondary N) is 1. The van der Waals surface area contributed by atoms with E-state index in [0.717, 1.165) is 30.8 Å². The molecule has 100 valence electrons. The molecule has 0 fully saturated rings. The van der Waals surface area contributed by atoms with E-state index >= 15 is 0 Å². The molecule has 0 aliphatic rings. The third kappa shape index (κ3) is 5.92. The minimum atomic E-state index is 0.380. The average molecular weight is 268 g/mol. The number of aryl methyl sites for hydroxylation is 1. The van der Waals surface area contributed by atoms with E-state index in [9.17, 15) is 0 Å². The molecule has 0 heterocycles. The van der Waals surface area contributed by atoms with Gasteiger partial charge in [0, 0.05) is 17.6 Å². The largest absolute Gasteiger partial charge is 0.370 e. The molecule has 0 aliphatic carbocycles. The van der Waals surface area contributed by atoms with E-state index in [-0.39, 0.29) is 0 Å². The Morgan fingerprint density at radius 3 is 2.67 bits per heavy atom. The van der Waals surface area contributed by atoms with Gasteiger partial charge < -0.3 is 11.1 Å². The molecule has 0 saturated carbocycles. The molecule has 0 aromatic heterocycles. The van der Waals surface area contributed by atoms with Crippen molar-refractivity contribution in [3.8, 4) is 0 Å². The van der Waals surface area contributed by atoms with Crippen molar-refractivity contribution >= 4 is 17.6 Å². The SMILES string of the molecule is CCC(C)NC(N)=NCCCc1ccc(Cl)cc1. The molecule has 0 spiro atoms. The summed E-state index contributed by atoms with van der Waals surface area (Å²) >= 11 is 5.83. The van der Waals surface area contributed by atoms with E-state index in [1.54, 1.807) is 0 Å². The van der Waals surface area contributed by atoms with Crippen LogP contribution in [0.25, 0.3) is 0 Å². The van der Waals surface area contributed by atoms with Crippen LogP contribution >= 0.6 is 11.6 Å². The Balaban J connectivity index is 2.25. The summed E-state index contributed by atoms with van der Waals surface area (Å²) in [5.41, 5.74) is 7.05. The van der Waals surface area contributed by atoms with Gasteiger partial charge in [-0.15, -0.1) is 0 Å². The molecule has 3 nitrogen and oxygen atoms in total. The summed E-state index contributed by atoms with van der Waals surface area (Å²) in [7, 11) is 0. The number of nitrogens with zero attached hydrogens (tertiary/aromatic N) is 1. The smallest absolute Gasteiger partial charge is 0.188 e. The van der Waals surface area contributed by atoms with Gasteiger partial charge in [0.1, 0.15) is 0 Å². The van der Waals surface area contributed by atoms with Crippen LogP contribution < -0.4 is 11.1 Å². The van der Waals surface area contributed by atoms with Gasteiger partial charge in [0.25, 0.3) is 0 Å². The van der Waals surface area contributed by atoms with E-state index < -0.39 is 0 Å². The molecule has 0 aliphatic heterocycles. The van der Waals surface area contributed by atoms with Gasteiger partial charge in [-0.3, -0.25) is 4.99 Å². The Hall–Kier alpha value is -1.22. The summed E-state index contributed by atoms with van der Waals surface area (Å²) in [6.45, 7) is 4.96. The van der Waals surface area contributed by atoms with Crippen LogP contribution in [0.1, 0.15) is 32.3 Å². The number of guanidine groups is 1. The Labute approximate surface area is 114 Å². The fourth-order valence-corrected chi connectivity index (χ4v) is 1.66. The van der Waals surface area contributed by atoms with Gasteiger partial charge in [0.15, 0.2) is 5.96 Å². The Morgan fingerprint density at radius 1 is 1.39 bits per heavy atom. The normalized spacial score (nSPS) is 13.4. The molecule has 1 unspecified atom stereocenters. The lowest BCUT2D eigenvalue weighted by molar-refractivity contribution is 0.635. The number of hydrogen-bond acceptors (Lipinski definition) is 1. The number of hydrogen-bond donors (Lipinski definition) is 2. The lowest BCUT2D eigenvalue weighted by atomic mass is 10.1. The van der Waals surface area contributed by atoms with Gasteiger partial charge in [-0.25, -0.2) is 0 Å². The maximum absolute atomic E-state index is 5.83. The Bertz CT molecular complexity index is 373. The Morgan fingerprint density at radius 2 is 2.06 bits per heavy atom. The maximum Gasteiger partial charge on any atom is 0.188 e. The van der Waals surface area contributed by atoms with E-state index in [2.05, 4.69) is 24.2 Å². The monoisotopic (exact) mass is 267 g/mol. The quantitative estimate of drug-likeness (QED) is 0.473. The van der Waals surface area contributed by atoms with E-state index in [1.807, 2.05) is 24.3 Å². The van der Waals surface area contributed by atoms with Gasteiger partial charge in [0.05, 0.1) is 0 Å². The van der Waals surface area contributed by atoms with Crippen molar-refractivity contribution in [2.24, 2.45) is 10.7 Å². The van der Waals surface area contributed by atoms with Crippen molar-refractivity contribution in [2.75, 3.05) is 6.54 Å². The summed E-state index contributed by atoms with van der Waals surface area (Å²) in [6.07, 6.45) is 3.03. The fraction of sp³-hybridized carbons (Fsp3) is 0.500. The summed E-state index contributed by atoms with van der Waals surface area (Å²) in [6, 6.07) is 8.31. The Kier molecular flexibility index (Phi) is 6.58. The second kappa shape index (κ2) is 7.98. The first kappa shape index (κ1) is 14.8. The fourth-order valence-electron chi connectivity index (χ4n) is 1.53. The second-order valence-electron chi connectivity index (χ2n) is 4.45. The number of rotatable bonds is 6. The van der Waals surface area contributed by atoms with E-state index in [4.69, 9.17) is 17.3 Å². The van der Waals surface area contributed by atoms with Crippen LogP contribution in [0.3, 0.4) is 0 Å². The predicted molar refractivity (Wildman–Crippen MR) is 79.2 cm³/mol. The van der Waals surface area contributed by atoms with E-state index in [1.165, 1.54) is 5.56 Å². The third-order valence-electron chi connectivity index (χ3n) is 2.83. The lowest BCUT2D eigenvalue weighted by Gasteiger charge is -2.11. The summed E-state index contributed by atoms with van der Waals surface area (Å²) < 4.78 is 0. The third-order valence-corrected chi connectivity index (χ3v) is 3.08. The van der Waals surface area contributed by atoms with Crippen molar-refractivity contribution in [1.82, 2.24) is 5.32 Å². The molecule has 0 amide bonds. The van der Waals surface area contributed by atoms with Crippen LogP contribution in [0.5, 0.6) is 0 Å². The lowest BCUT2D eigenvalue weighted by Crippen LogP contribution is -2.38. The number of halogens is 1. The number of nitrogens with two attached hydrogens (primary N) is 1. The summed E-state index contributed by atoms with van der Waals surface area (Å²) in [5, 5.41) is 3.92. The minimum absolute atomic E-state index is 0.380. The van der Waals surface area contributed by atoms with Crippen LogP contribution in [0.15, 0.2) is 29.3 Å². The standard InChI is InChI=1S/C14H22ClN3/c1-3-11(2)18-14(16)17-10-4-5-12-6-8-13(15)9-7-12/h6-9,11H,3-5,10H2,1-2H3,(H3,16,17,18). The average Bonchev–Trinajstić information content (AvgIpc) is 2.36. The first-order valence-electron chi connectivity index (χ1n) is 6.42. The van der Waals surface area contributed by atoms with Crippen LogP contribution in [-0.4, -0.2) is 18.5 Å². The molecule has 1 rings (SSSR count). The van der Waals surface area contributed by atoms with Crippen LogP contribution in [0.4, 0.5) is 0 Å². The molecular weight excluding hydrogens is 246 g/mol.